The van der Waals surface area contributed by atoms with E-state index >= 15 is 0 Å². The second kappa shape index (κ2) is 31.9. The van der Waals surface area contributed by atoms with Crippen LogP contribution in [0.2, 0.25) is 0 Å². The van der Waals surface area contributed by atoms with Gasteiger partial charge in [-0.05, 0) is 0 Å². The Morgan fingerprint density at radius 3 is 0.783 bits per heavy atom. The maximum absolute atomic E-state index is 8.35. The molecule has 0 radical (unpaired) electrons. The fraction of sp³-hybridized carbons (Fsp3) is 0.125. The molecular formula is C16H18Cl2N2O3. The molecule has 0 aliphatic heterocycles. The van der Waals surface area contributed by atoms with Crippen LogP contribution in [-0.4, -0.2) is 24.3 Å². The molecule has 23 heavy (non-hydrogen) atoms. The molecule has 2 N–H and O–H groups in total. The number of hydrogen-bond donors (Lipinski definition) is 2. The van der Waals surface area contributed by atoms with Gasteiger partial charge in [-0.1, -0.05) is 96.0 Å². The molecule has 7 heteroatoms. The molecule has 0 unspecified atom stereocenters. The average Bonchev–Trinajstić information content (AvgIpc) is 2.61. The summed E-state index contributed by atoms with van der Waals surface area (Å²) in [4.78, 5) is 16.7. The number of halogens is 2. The molecule has 0 saturated heterocycles. The Bertz CT molecular complexity index is 374. The summed E-state index contributed by atoms with van der Waals surface area (Å²) in [6.07, 6.45) is 1.50. The van der Waals surface area contributed by atoms with E-state index in [0.29, 0.717) is 0 Å². The van der Waals surface area contributed by atoms with E-state index in [-0.39, 0.29) is 12.1 Å². The Morgan fingerprint density at radius 1 is 0.609 bits per heavy atom. The molecule has 0 aliphatic rings. The predicted octanol–water partition coefficient (Wildman–Crippen LogP) is 4.57. The largest absolute Gasteiger partial charge is 0.350 e. The standard InChI is InChI=1S/2C6H6.C2H4Cl2O.2CHNO/c2*1-2-4-6-5-3-1;3-1-5-2-4;2*2-1-3/h2*1-6H;1-2H2;2*2H. The van der Waals surface area contributed by atoms with Gasteiger partial charge in [0.2, 0.25) is 12.2 Å². The van der Waals surface area contributed by atoms with E-state index in [1.165, 1.54) is 0 Å². The van der Waals surface area contributed by atoms with Gasteiger partial charge in [0, 0.05) is 0 Å². The van der Waals surface area contributed by atoms with Crippen molar-refractivity contribution in [1.29, 1.82) is 10.8 Å². The monoisotopic (exact) mass is 356 g/mol. The van der Waals surface area contributed by atoms with Crippen LogP contribution in [-0.2, 0) is 14.3 Å². The first-order chi connectivity index (χ1) is 11.2. The van der Waals surface area contributed by atoms with Gasteiger partial charge in [0.25, 0.3) is 0 Å². The summed E-state index contributed by atoms with van der Waals surface area (Å²) >= 11 is 9.99. The van der Waals surface area contributed by atoms with Crippen LogP contribution in [0.5, 0.6) is 0 Å². The Hall–Kier alpha value is -2.26. The van der Waals surface area contributed by atoms with Crippen molar-refractivity contribution >= 4 is 35.4 Å². The number of ether oxygens (including phenoxy) is 1. The highest BCUT2D eigenvalue weighted by Crippen LogP contribution is 1.80. The van der Waals surface area contributed by atoms with Gasteiger partial charge >= 0.3 is 0 Å². The van der Waals surface area contributed by atoms with Crippen LogP contribution in [0.1, 0.15) is 0 Å². The molecule has 5 nitrogen and oxygen atoms in total. The third kappa shape index (κ3) is 45.1. The van der Waals surface area contributed by atoms with E-state index in [1.54, 1.807) is 0 Å². The lowest BCUT2D eigenvalue weighted by Gasteiger charge is -1.82. The summed E-state index contributed by atoms with van der Waals surface area (Å²) in [6.45, 7) is 0. The van der Waals surface area contributed by atoms with Crippen LogP contribution in [0.3, 0.4) is 0 Å². The van der Waals surface area contributed by atoms with Crippen LogP contribution >= 0.6 is 23.2 Å². The molecule has 0 bridgehead atoms. The normalized spacial score (nSPS) is 6.70. The predicted molar refractivity (Wildman–Crippen MR) is 92.2 cm³/mol. The second-order valence-electron chi connectivity index (χ2n) is 2.94. The fourth-order valence-corrected chi connectivity index (χ4v) is 1.03. The molecular weight excluding hydrogens is 339 g/mol. The zero-order chi connectivity index (χ0) is 18.0. The smallest absolute Gasteiger partial charge is 0.231 e. The van der Waals surface area contributed by atoms with Crippen molar-refractivity contribution in [2.45, 2.75) is 0 Å². The summed E-state index contributed by atoms with van der Waals surface area (Å²) < 4.78 is 4.36. The minimum Gasteiger partial charge on any atom is -0.350 e. The minimum absolute atomic E-state index is 0.184. The van der Waals surface area contributed by atoms with Crippen LogP contribution < -0.4 is 0 Å². The topological polar surface area (TPSA) is 91.1 Å². The van der Waals surface area contributed by atoms with Gasteiger partial charge in [-0.25, -0.2) is 20.4 Å². The maximum atomic E-state index is 8.35. The van der Waals surface area contributed by atoms with Crippen molar-refractivity contribution in [3.05, 3.63) is 72.8 Å². The first-order valence-corrected chi connectivity index (χ1v) is 7.09. The van der Waals surface area contributed by atoms with Gasteiger partial charge in [0.15, 0.2) is 0 Å². The summed E-state index contributed by atoms with van der Waals surface area (Å²) in [6, 6.07) is 24.4. The Morgan fingerprint density at radius 2 is 0.739 bits per heavy atom. The maximum Gasteiger partial charge on any atom is 0.231 e. The highest BCUT2D eigenvalue weighted by atomic mass is 35.5. The number of benzene rings is 2. The number of nitrogens with one attached hydrogen (secondary N) is 2. The van der Waals surface area contributed by atoms with E-state index in [1.807, 2.05) is 72.8 Å². The van der Waals surface area contributed by atoms with E-state index in [9.17, 15) is 0 Å². The lowest BCUT2D eigenvalue weighted by Crippen LogP contribution is -1.78. The minimum atomic E-state index is 0.184. The van der Waals surface area contributed by atoms with Crippen LogP contribution in [0.4, 0.5) is 0 Å². The van der Waals surface area contributed by atoms with E-state index in [2.05, 4.69) is 4.74 Å². The van der Waals surface area contributed by atoms with Crippen molar-refractivity contribution in [2.24, 2.45) is 0 Å². The lowest BCUT2D eigenvalue weighted by atomic mass is 10.4. The summed E-state index contributed by atoms with van der Waals surface area (Å²) in [5.41, 5.74) is 0. The van der Waals surface area contributed by atoms with E-state index in [0.717, 1.165) is 12.2 Å². The Kier molecular flexibility index (Phi) is 35.6. The molecule has 0 spiro atoms. The van der Waals surface area contributed by atoms with Crippen molar-refractivity contribution in [2.75, 3.05) is 12.1 Å². The molecule has 0 heterocycles. The third-order valence-corrected chi connectivity index (χ3v) is 1.80. The van der Waals surface area contributed by atoms with Gasteiger partial charge in [0.05, 0.1) is 0 Å². The highest BCUT2D eigenvalue weighted by Gasteiger charge is 1.68. The molecule has 0 aromatic heterocycles. The quantitative estimate of drug-likeness (QED) is 0.468. The number of isocyanates is 2. The fourth-order valence-electron chi connectivity index (χ4n) is 0.799. The SMILES string of the molecule is ClCOCCl.N=C=O.N=C=O.c1ccccc1.c1ccccc1. The van der Waals surface area contributed by atoms with Crippen molar-refractivity contribution in [3.63, 3.8) is 0 Å². The number of alkyl halides is 2. The lowest BCUT2D eigenvalue weighted by molar-refractivity contribution is 0.232. The zero-order valence-electron chi connectivity index (χ0n) is 12.3. The van der Waals surface area contributed by atoms with Gasteiger partial charge in [-0.15, -0.1) is 0 Å². The van der Waals surface area contributed by atoms with Gasteiger partial charge in [-0.3, -0.25) is 0 Å². The van der Waals surface area contributed by atoms with Crippen LogP contribution in [0.15, 0.2) is 72.8 Å². The van der Waals surface area contributed by atoms with E-state index < -0.39 is 0 Å². The molecule has 0 amide bonds. The second-order valence-corrected chi connectivity index (χ2v) is 3.37. The number of hydrogen-bond acceptors (Lipinski definition) is 5. The van der Waals surface area contributed by atoms with Crippen molar-refractivity contribution in [1.82, 2.24) is 0 Å². The molecule has 2 aromatic carbocycles. The average molecular weight is 357 g/mol. The van der Waals surface area contributed by atoms with E-state index in [4.69, 9.17) is 43.6 Å². The zero-order valence-corrected chi connectivity index (χ0v) is 13.8. The Labute approximate surface area is 145 Å². The van der Waals surface area contributed by atoms with Gasteiger partial charge < -0.3 is 4.74 Å². The molecule has 0 saturated carbocycles. The van der Waals surface area contributed by atoms with Gasteiger partial charge in [0.1, 0.15) is 12.1 Å². The summed E-state index contributed by atoms with van der Waals surface area (Å²) in [7, 11) is 0. The summed E-state index contributed by atoms with van der Waals surface area (Å²) in [5.74, 6) is 0. The molecule has 0 fully saturated rings. The van der Waals surface area contributed by atoms with Crippen molar-refractivity contribution < 1.29 is 14.3 Å². The molecule has 2 rings (SSSR count). The molecule has 124 valence electrons. The first kappa shape index (κ1) is 25.7. The third-order valence-electron chi connectivity index (χ3n) is 1.49. The Balaban J connectivity index is -0.000000226. The number of rotatable bonds is 2. The van der Waals surface area contributed by atoms with Gasteiger partial charge in [-0.2, -0.15) is 0 Å². The molecule has 0 atom stereocenters. The van der Waals surface area contributed by atoms with Crippen LogP contribution in [0.25, 0.3) is 0 Å². The van der Waals surface area contributed by atoms with Crippen LogP contribution in [0, 0.1) is 10.8 Å². The number of carbonyl (C=O) groups excluding carboxylic acids is 2. The van der Waals surface area contributed by atoms with Crippen molar-refractivity contribution in [3.8, 4) is 0 Å². The first-order valence-electron chi connectivity index (χ1n) is 6.02. The molecule has 2 aromatic rings. The molecule has 0 aliphatic carbocycles. The highest BCUT2D eigenvalue weighted by molar-refractivity contribution is 6.18. The summed E-state index contributed by atoms with van der Waals surface area (Å²) in [5, 5.41) is 10.8.